The summed E-state index contributed by atoms with van der Waals surface area (Å²) in [5.41, 5.74) is 0. The Morgan fingerprint density at radius 1 is 1.69 bits per heavy atom. The highest BCUT2D eigenvalue weighted by molar-refractivity contribution is 9.10. The van der Waals surface area contributed by atoms with E-state index in [1.54, 1.807) is 0 Å². The number of amides is 1. The zero-order chi connectivity index (χ0) is 12.1. The lowest BCUT2D eigenvalue weighted by molar-refractivity contribution is 0.0853. The van der Waals surface area contributed by atoms with Crippen LogP contribution in [0.25, 0.3) is 0 Å². The minimum atomic E-state index is -0.479. The van der Waals surface area contributed by atoms with Gasteiger partial charge < -0.3 is 10.4 Å². The maximum Gasteiger partial charge on any atom is 0.262 e. The molecule has 0 aromatic carbocycles. The summed E-state index contributed by atoms with van der Waals surface area (Å²) in [7, 11) is 0. The van der Waals surface area contributed by atoms with Gasteiger partial charge in [-0.05, 0) is 33.3 Å². The molecule has 1 amide bonds. The number of carbonyl (C=O) groups excluding carboxylic acids is 1. The van der Waals surface area contributed by atoms with Crippen molar-refractivity contribution in [3.8, 4) is 0 Å². The van der Waals surface area contributed by atoms with Gasteiger partial charge in [-0.15, -0.1) is 11.3 Å². The van der Waals surface area contributed by atoms with E-state index in [9.17, 15) is 9.90 Å². The van der Waals surface area contributed by atoms with Crippen LogP contribution in [0.3, 0.4) is 0 Å². The number of carbonyl (C=O) groups is 1. The molecule has 0 saturated heterocycles. The molecule has 2 atom stereocenters. The van der Waals surface area contributed by atoms with Gasteiger partial charge in [0.1, 0.15) is 4.88 Å². The number of aliphatic hydroxyl groups is 1. The quantitative estimate of drug-likeness (QED) is 0.878. The standard InChI is InChI=1S/C11H16BrNO2S/c1-3-7(2)9(14)6-13-11(15)10-8(12)4-5-16-10/h4-5,7,9,14H,3,6H2,1-2H3,(H,13,15). The van der Waals surface area contributed by atoms with Crippen molar-refractivity contribution in [1.29, 1.82) is 0 Å². The van der Waals surface area contributed by atoms with Crippen molar-refractivity contribution in [2.75, 3.05) is 6.54 Å². The Balaban J connectivity index is 2.45. The van der Waals surface area contributed by atoms with Gasteiger partial charge in [-0.25, -0.2) is 0 Å². The molecule has 0 radical (unpaired) electrons. The van der Waals surface area contributed by atoms with E-state index >= 15 is 0 Å². The summed E-state index contributed by atoms with van der Waals surface area (Å²) >= 11 is 4.69. The molecular formula is C11H16BrNO2S. The molecule has 0 saturated carbocycles. The van der Waals surface area contributed by atoms with E-state index in [-0.39, 0.29) is 11.8 Å². The van der Waals surface area contributed by atoms with Crippen molar-refractivity contribution in [3.63, 3.8) is 0 Å². The van der Waals surface area contributed by atoms with Crippen LogP contribution in [0.5, 0.6) is 0 Å². The van der Waals surface area contributed by atoms with E-state index in [1.165, 1.54) is 11.3 Å². The summed E-state index contributed by atoms with van der Waals surface area (Å²) in [6.45, 7) is 4.29. The van der Waals surface area contributed by atoms with E-state index in [4.69, 9.17) is 0 Å². The Morgan fingerprint density at radius 2 is 2.38 bits per heavy atom. The first-order valence-electron chi connectivity index (χ1n) is 5.25. The number of nitrogens with one attached hydrogen (secondary N) is 1. The zero-order valence-corrected chi connectivity index (χ0v) is 11.8. The fraction of sp³-hybridized carbons (Fsp3) is 0.545. The van der Waals surface area contributed by atoms with E-state index in [2.05, 4.69) is 21.2 Å². The molecular weight excluding hydrogens is 290 g/mol. The highest BCUT2D eigenvalue weighted by atomic mass is 79.9. The van der Waals surface area contributed by atoms with Crippen LogP contribution in [-0.4, -0.2) is 23.7 Å². The van der Waals surface area contributed by atoms with E-state index in [1.807, 2.05) is 25.3 Å². The Morgan fingerprint density at radius 3 is 2.88 bits per heavy atom. The van der Waals surface area contributed by atoms with Crippen LogP contribution in [0.1, 0.15) is 29.9 Å². The number of hydrogen-bond acceptors (Lipinski definition) is 3. The Labute approximate surface area is 108 Å². The molecule has 1 aromatic rings. The van der Waals surface area contributed by atoms with Crippen molar-refractivity contribution in [3.05, 3.63) is 20.8 Å². The monoisotopic (exact) mass is 305 g/mol. The smallest absolute Gasteiger partial charge is 0.262 e. The highest BCUT2D eigenvalue weighted by Crippen LogP contribution is 2.22. The average Bonchev–Trinajstić information content (AvgIpc) is 2.70. The average molecular weight is 306 g/mol. The summed E-state index contributed by atoms with van der Waals surface area (Å²) in [4.78, 5) is 12.3. The summed E-state index contributed by atoms with van der Waals surface area (Å²) < 4.78 is 0.799. The van der Waals surface area contributed by atoms with Gasteiger partial charge in [0, 0.05) is 11.0 Å². The third kappa shape index (κ3) is 3.57. The van der Waals surface area contributed by atoms with E-state index in [0.717, 1.165) is 10.9 Å². The molecule has 16 heavy (non-hydrogen) atoms. The van der Waals surface area contributed by atoms with Crippen LogP contribution >= 0.6 is 27.3 Å². The minimum absolute atomic E-state index is 0.135. The van der Waals surface area contributed by atoms with Gasteiger partial charge >= 0.3 is 0 Å². The van der Waals surface area contributed by atoms with E-state index in [0.29, 0.717) is 11.4 Å². The Kier molecular flexibility index (Phi) is 5.44. The number of hydrogen-bond donors (Lipinski definition) is 2. The fourth-order valence-electron chi connectivity index (χ4n) is 1.21. The SMILES string of the molecule is CCC(C)C(O)CNC(=O)c1sccc1Br. The lowest BCUT2D eigenvalue weighted by Gasteiger charge is -2.17. The van der Waals surface area contributed by atoms with Crippen molar-refractivity contribution < 1.29 is 9.90 Å². The van der Waals surface area contributed by atoms with Gasteiger partial charge in [0.2, 0.25) is 0 Å². The number of halogens is 1. The second-order valence-corrected chi connectivity index (χ2v) is 5.53. The third-order valence-electron chi connectivity index (χ3n) is 2.60. The summed E-state index contributed by atoms with van der Waals surface area (Å²) in [6, 6.07) is 1.84. The lowest BCUT2D eigenvalue weighted by Crippen LogP contribution is -2.35. The second-order valence-electron chi connectivity index (χ2n) is 3.76. The van der Waals surface area contributed by atoms with Crippen molar-refractivity contribution in [2.24, 2.45) is 5.92 Å². The molecule has 0 bridgehead atoms. The van der Waals surface area contributed by atoms with Gasteiger partial charge in [0.15, 0.2) is 0 Å². The molecule has 0 fully saturated rings. The first kappa shape index (κ1) is 13.7. The molecule has 0 aliphatic heterocycles. The van der Waals surface area contributed by atoms with Crippen LogP contribution in [-0.2, 0) is 0 Å². The topological polar surface area (TPSA) is 49.3 Å². The molecule has 2 N–H and O–H groups in total. The van der Waals surface area contributed by atoms with Gasteiger partial charge in [-0.2, -0.15) is 0 Å². The predicted molar refractivity (Wildman–Crippen MR) is 69.8 cm³/mol. The molecule has 2 unspecified atom stereocenters. The number of thiophene rings is 1. The summed E-state index contributed by atoms with van der Waals surface area (Å²) in [5, 5.41) is 14.3. The normalized spacial score (nSPS) is 14.5. The van der Waals surface area contributed by atoms with Crippen molar-refractivity contribution in [1.82, 2.24) is 5.32 Å². The molecule has 1 heterocycles. The van der Waals surface area contributed by atoms with Crippen LogP contribution < -0.4 is 5.32 Å². The highest BCUT2D eigenvalue weighted by Gasteiger charge is 2.15. The van der Waals surface area contributed by atoms with E-state index < -0.39 is 6.10 Å². The Bertz CT molecular complexity index is 354. The molecule has 1 rings (SSSR count). The Hall–Kier alpha value is -0.390. The molecule has 5 heteroatoms. The van der Waals surface area contributed by atoms with Gasteiger partial charge in [-0.3, -0.25) is 4.79 Å². The maximum absolute atomic E-state index is 11.7. The number of aliphatic hydroxyl groups excluding tert-OH is 1. The molecule has 90 valence electrons. The molecule has 0 spiro atoms. The third-order valence-corrected chi connectivity index (χ3v) is 4.43. The first-order valence-corrected chi connectivity index (χ1v) is 6.92. The first-order chi connectivity index (χ1) is 7.56. The summed E-state index contributed by atoms with van der Waals surface area (Å²) in [6.07, 6.45) is 0.424. The van der Waals surface area contributed by atoms with Crippen LogP contribution in [0.4, 0.5) is 0 Å². The maximum atomic E-state index is 11.7. The molecule has 0 aliphatic carbocycles. The summed E-state index contributed by atoms with van der Waals surface area (Å²) in [5.74, 6) is 0.0660. The molecule has 1 aromatic heterocycles. The minimum Gasteiger partial charge on any atom is -0.391 e. The predicted octanol–water partition coefficient (Wildman–Crippen LogP) is 2.65. The van der Waals surface area contributed by atoms with Gasteiger partial charge in [-0.1, -0.05) is 20.3 Å². The van der Waals surface area contributed by atoms with Crippen LogP contribution in [0.2, 0.25) is 0 Å². The zero-order valence-electron chi connectivity index (χ0n) is 9.37. The largest absolute Gasteiger partial charge is 0.391 e. The number of rotatable bonds is 5. The van der Waals surface area contributed by atoms with Crippen molar-refractivity contribution >= 4 is 33.2 Å². The fourth-order valence-corrected chi connectivity index (χ4v) is 2.67. The van der Waals surface area contributed by atoms with Crippen LogP contribution in [0, 0.1) is 5.92 Å². The molecule has 0 aliphatic rings. The van der Waals surface area contributed by atoms with Crippen LogP contribution in [0.15, 0.2) is 15.9 Å². The van der Waals surface area contributed by atoms with Gasteiger partial charge in [0.05, 0.1) is 6.10 Å². The van der Waals surface area contributed by atoms with Crippen molar-refractivity contribution in [2.45, 2.75) is 26.4 Å². The molecule has 3 nitrogen and oxygen atoms in total. The second kappa shape index (κ2) is 6.37. The van der Waals surface area contributed by atoms with Gasteiger partial charge in [0.25, 0.3) is 5.91 Å². The lowest BCUT2D eigenvalue weighted by atomic mass is 10.0.